The van der Waals surface area contributed by atoms with Gasteiger partial charge in [0.05, 0.1) is 0 Å². The maximum atomic E-state index is 7.72. The van der Waals surface area contributed by atoms with Crippen LogP contribution in [-0.2, 0) is 0 Å². The molecule has 2 radical (unpaired) electrons. The minimum atomic E-state index is -3.90. The second kappa shape index (κ2) is 16.7. The molecule has 0 aliphatic rings. The van der Waals surface area contributed by atoms with Crippen LogP contribution >= 0.6 is 0 Å². The monoisotopic (exact) mass is 612 g/mol. The second-order valence-corrected chi connectivity index (χ2v) is 10.6. The predicted octanol–water partition coefficient (Wildman–Crippen LogP) is -8.13. The molecule has 0 aromatic rings. The van der Waals surface area contributed by atoms with Crippen molar-refractivity contribution in [3.8, 4) is 0 Å². The van der Waals surface area contributed by atoms with Crippen molar-refractivity contribution in [3.05, 3.63) is 0 Å². The first-order valence-corrected chi connectivity index (χ1v) is 12.9. The van der Waals surface area contributed by atoms with Gasteiger partial charge in [-0.05, 0) is 0 Å². The van der Waals surface area contributed by atoms with Gasteiger partial charge >= 0.3 is 105 Å². The Morgan fingerprint density at radius 1 is 0.364 bits per heavy atom. The number of hydrogen-bond acceptors (Lipinski definition) is 18. The molecule has 0 rings (SSSR count). The van der Waals surface area contributed by atoms with E-state index in [4.69, 9.17) is 91.9 Å². The van der Waals surface area contributed by atoms with Crippen molar-refractivity contribution >= 4 is 21.1 Å². The molecule has 18 N–H and O–H groups in total. The summed E-state index contributed by atoms with van der Waals surface area (Å²) in [6.07, 6.45) is 5.84. The van der Waals surface area contributed by atoms with Gasteiger partial charge in [-0.15, -0.1) is 0 Å². The van der Waals surface area contributed by atoms with Gasteiger partial charge in [-0.2, -0.15) is 0 Å². The smallest absolute Gasteiger partial charge is 0.337 e. The largest absolute Gasteiger partial charge is 0.362 e. The van der Waals surface area contributed by atoms with Gasteiger partial charge in [0, 0.05) is 0 Å². The van der Waals surface area contributed by atoms with E-state index in [9.17, 15) is 0 Å². The summed E-state index contributed by atoms with van der Waals surface area (Å²) >= 11 is 0.149. The maximum Gasteiger partial charge on any atom is 0.362 e. The molecule has 0 aromatic carbocycles. The zero-order valence-corrected chi connectivity index (χ0v) is 20.6. The molecule has 0 heterocycles. The fraction of sp³-hybridized carbons (Fsp3) is 1.00. The van der Waals surface area contributed by atoms with Crippen LogP contribution in [0.15, 0.2) is 0 Å². The summed E-state index contributed by atoms with van der Waals surface area (Å²) in [6.45, 7) is 4.58. The number of hydrogen-bond donors (Lipinski definition) is 18. The van der Waals surface area contributed by atoms with Crippen molar-refractivity contribution in [1.82, 2.24) is 0 Å². The van der Waals surface area contributed by atoms with Gasteiger partial charge in [-0.1, -0.05) is 0 Å². The molecule has 0 unspecified atom stereocenters. The third-order valence-electron chi connectivity index (χ3n) is 2.76. The van der Waals surface area contributed by atoms with Crippen molar-refractivity contribution in [2.24, 2.45) is 0 Å². The molecule has 0 aliphatic carbocycles. The molecule has 0 aliphatic heterocycles. The van der Waals surface area contributed by atoms with E-state index in [1.54, 1.807) is 8.87 Å². The molecule has 19 heteroatoms. The van der Waals surface area contributed by atoms with Gasteiger partial charge in [0.25, 0.3) is 0 Å². The first kappa shape index (κ1) is 40.3. The summed E-state index contributed by atoms with van der Waals surface area (Å²) < 4.78 is 3.25. The molecule has 33 heavy (non-hydrogen) atoms. The van der Waals surface area contributed by atoms with Crippen LogP contribution in [0.5, 0.6) is 0 Å². The van der Waals surface area contributed by atoms with E-state index in [1.165, 1.54) is 25.7 Å². The Hall–Kier alpha value is 0.0787. The van der Waals surface area contributed by atoms with E-state index in [0.717, 1.165) is 0 Å². The van der Waals surface area contributed by atoms with E-state index < -0.39 is 35.8 Å². The van der Waals surface area contributed by atoms with E-state index in [2.05, 4.69) is 13.8 Å². The average Bonchev–Trinajstić information content (AvgIpc) is 2.51. The minimum Gasteiger partial charge on any atom is -0.337 e. The Balaban J connectivity index is -0.000000170. The Kier molecular flexibility index (Phi) is 20.4. The fourth-order valence-corrected chi connectivity index (χ4v) is 4.89. The van der Waals surface area contributed by atoms with E-state index in [0.29, 0.717) is 0 Å². The van der Waals surface area contributed by atoms with Crippen LogP contribution in [0.1, 0.15) is 39.5 Å². The topological polar surface area (TPSA) is 364 Å². The Morgan fingerprint density at radius 2 is 0.515 bits per heavy atom. The third-order valence-corrected chi connectivity index (χ3v) is 6.80. The normalized spacial score (nSPS) is 13.1. The molecule has 0 saturated carbocycles. The molecular weight excluding hydrogens is 575 g/mol. The Labute approximate surface area is 197 Å². The van der Waals surface area contributed by atoms with E-state index in [1.807, 2.05) is 0 Å². The van der Waals surface area contributed by atoms with E-state index >= 15 is 0 Å². The summed E-state index contributed by atoms with van der Waals surface area (Å²) in [5, 5.41) is 139. The minimum absolute atomic E-state index is 0.149. The summed E-state index contributed by atoms with van der Waals surface area (Å²) in [6, 6.07) is 0. The second-order valence-electron chi connectivity index (χ2n) is 6.27. The Bertz CT molecular complexity index is 349. The van der Waals surface area contributed by atoms with Gasteiger partial charge < -0.3 is 91.9 Å². The standard InChI is InChI=1S/2C4H9.3C2H6O6.Sn/c2*1-3-4-2;3*3-1(4,5)2(6,7)8;/h2*1,3-4H2,2H3;3*3-8H;. The molecule has 0 spiro atoms. The predicted molar refractivity (Wildman–Crippen MR) is 102 cm³/mol. The zero-order chi connectivity index (χ0) is 27.9. The third kappa shape index (κ3) is 26.5. The van der Waals surface area contributed by atoms with Crippen LogP contribution in [0, 0.1) is 0 Å². The summed E-state index contributed by atoms with van der Waals surface area (Å²) in [4.78, 5) is 0. The maximum absolute atomic E-state index is 7.72. The number of rotatable bonds is 9. The molecular formula is C14H36O18Sn. The Morgan fingerprint density at radius 3 is 0.606 bits per heavy atom. The van der Waals surface area contributed by atoms with Crippen molar-refractivity contribution < 1.29 is 91.9 Å². The summed E-state index contributed by atoms with van der Waals surface area (Å²) in [5.74, 6) is -23.4. The quantitative estimate of drug-likeness (QED) is 0.0653. The molecule has 204 valence electrons. The van der Waals surface area contributed by atoms with Gasteiger partial charge in [-0.25, -0.2) is 0 Å². The van der Waals surface area contributed by atoms with Crippen LogP contribution in [0.25, 0.3) is 0 Å². The SMILES string of the molecule is CCC[CH2][Sn][CH2]CCC.OC(O)(O)C(O)(O)O.OC(O)(O)C(O)(O)O.OC(O)(O)C(O)(O)O. The summed E-state index contributed by atoms with van der Waals surface area (Å²) in [5.41, 5.74) is 0. The number of aliphatic hydroxyl groups is 18. The van der Waals surface area contributed by atoms with Crippen LogP contribution in [-0.4, -0.2) is 149 Å². The van der Waals surface area contributed by atoms with Crippen LogP contribution < -0.4 is 0 Å². The first-order chi connectivity index (χ1) is 14.2. The molecule has 0 amide bonds. The fourth-order valence-electron chi connectivity index (χ4n) is 0.729. The van der Waals surface area contributed by atoms with Gasteiger partial charge in [0.15, 0.2) is 0 Å². The molecule has 0 fully saturated rings. The van der Waals surface area contributed by atoms with Crippen LogP contribution in [0.3, 0.4) is 0 Å². The van der Waals surface area contributed by atoms with Crippen molar-refractivity contribution in [2.75, 3.05) is 0 Å². The number of unbranched alkanes of at least 4 members (excludes halogenated alkanes) is 2. The first-order valence-electron chi connectivity index (χ1n) is 8.90. The molecule has 0 bridgehead atoms. The van der Waals surface area contributed by atoms with Crippen LogP contribution in [0.2, 0.25) is 8.87 Å². The van der Waals surface area contributed by atoms with Crippen molar-refractivity contribution in [1.29, 1.82) is 0 Å². The van der Waals surface area contributed by atoms with Gasteiger partial charge in [0.1, 0.15) is 0 Å². The zero-order valence-electron chi connectivity index (χ0n) is 17.8. The van der Waals surface area contributed by atoms with Crippen molar-refractivity contribution in [3.63, 3.8) is 0 Å². The molecule has 0 aromatic heterocycles. The van der Waals surface area contributed by atoms with Gasteiger partial charge in [-0.3, -0.25) is 0 Å². The van der Waals surface area contributed by atoms with E-state index in [-0.39, 0.29) is 21.1 Å². The summed E-state index contributed by atoms with van der Waals surface area (Å²) in [7, 11) is 0. The molecule has 0 saturated heterocycles. The van der Waals surface area contributed by atoms with Crippen molar-refractivity contribution in [2.45, 2.75) is 84.2 Å². The molecule has 18 nitrogen and oxygen atoms in total. The van der Waals surface area contributed by atoms with Gasteiger partial charge in [0.2, 0.25) is 0 Å². The average molecular weight is 611 g/mol. The molecule has 0 atom stereocenters. The van der Waals surface area contributed by atoms with Crippen LogP contribution in [0.4, 0.5) is 0 Å².